The fraction of sp³-hybridized carbons (Fsp3) is 0.208. The predicted octanol–water partition coefficient (Wildman–Crippen LogP) is 5.81. The third-order valence-corrected chi connectivity index (χ3v) is 6.03. The minimum atomic E-state index is -0.564. The number of methoxy groups -OCH3 is 1. The van der Waals surface area contributed by atoms with Gasteiger partial charge in [0.2, 0.25) is 6.23 Å². The van der Waals surface area contributed by atoms with Crippen LogP contribution in [0.3, 0.4) is 0 Å². The first kappa shape index (κ1) is 20.3. The SMILES string of the molecule is COc1cc(Cl)cc2c1O[C@H](c1ccc([N+](=O)[O-])cc1)N1N=C(c3ccc(C)cc3)C[C@@H]21. The number of nitro groups is 1. The van der Waals surface area contributed by atoms with Crippen molar-refractivity contribution in [3.05, 3.63) is 98.1 Å². The van der Waals surface area contributed by atoms with E-state index in [2.05, 4.69) is 24.3 Å². The minimum Gasteiger partial charge on any atom is -0.493 e. The number of nitro benzene ring substituents is 1. The van der Waals surface area contributed by atoms with Gasteiger partial charge in [0.05, 0.1) is 23.8 Å². The van der Waals surface area contributed by atoms with E-state index in [9.17, 15) is 10.1 Å². The predicted molar refractivity (Wildman–Crippen MR) is 121 cm³/mol. The highest BCUT2D eigenvalue weighted by Gasteiger charge is 2.42. The minimum absolute atomic E-state index is 0.0242. The van der Waals surface area contributed by atoms with Crippen LogP contribution >= 0.6 is 11.6 Å². The Morgan fingerprint density at radius 2 is 1.88 bits per heavy atom. The first-order valence-corrected chi connectivity index (χ1v) is 10.5. The zero-order valence-electron chi connectivity index (χ0n) is 17.5. The number of benzene rings is 3. The summed E-state index contributed by atoms with van der Waals surface area (Å²) in [7, 11) is 1.57. The van der Waals surface area contributed by atoms with Crippen LogP contribution in [-0.4, -0.2) is 22.8 Å². The van der Waals surface area contributed by atoms with E-state index in [0.717, 1.165) is 22.4 Å². The first-order chi connectivity index (χ1) is 15.4. The lowest BCUT2D eigenvalue weighted by Crippen LogP contribution is -2.33. The van der Waals surface area contributed by atoms with Gasteiger partial charge in [-0.2, -0.15) is 5.10 Å². The number of non-ortho nitro benzene ring substituents is 1. The average Bonchev–Trinajstić information content (AvgIpc) is 3.24. The monoisotopic (exact) mass is 449 g/mol. The summed E-state index contributed by atoms with van der Waals surface area (Å²) < 4.78 is 11.9. The molecule has 7 nitrogen and oxygen atoms in total. The Hall–Kier alpha value is -3.58. The van der Waals surface area contributed by atoms with Crippen LogP contribution in [0.4, 0.5) is 5.69 Å². The molecule has 0 fully saturated rings. The molecule has 0 spiro atoms. The Morgan fingerprint density at radius 3 is 2.53 bits per heavy atom. The van der Waals surface area contributed by atoms with Gasteiger partial charge < -0.3 is 9.47 Å². The fourth-order valence-electron chi connectivity index (χ4n) is 4.18. The summed E-state index contributed by atoms with van der Waals surface area (Å²) in [6, 6.07) is 18.1. The standard InChI is InChI=1S/C24H20ClN3O4/c1-14-3-5-15(6-4-14)20-13-21-19-11-17(25)12-22(31-2)23(19)32-24(27(21)26-20)16-7-9-18(10-8-16)28(29)30/h3-12,21,24H,13H2,1-2H3/t21-,24+/m0/s1. The van der Waals surface area contributed by atoms with Crippen LogP contribution in [0.2, 0.25) is 5.02 Å². The summed E-state index contributed by atoms with van der Waals surface area (Å²) in [6.07, 6.45) is 0.109. The Labute approximate surface area is 190 Å². The highest BCUT2D eigenvalue weighted by molar-refractivity contribution is 6.30. The van der Waals surface area contributed by atoms with Crippen molar-refractivity contribution in [1.82, 2.24) is 5.01 Å². The third kappa shape index (κ3) is 3.44. The first-order valence-electron chi connectivity index (χ1n) is 10.2. The van der Waals surface area contributed by atoms with E-state index in [1.165, 1.54) is 17.7 Å². The highest BCUT2D eigenvalue weighted by atomic mass is 35.5. The zero-order chi connectivity index (χ0) is 22.4. The van der Waals surface area contributed by atoms with Crippen molar-refractivity contribution in [3.63, 3.8) is 0 Å². The van der Waals surface area contributed by atoms with E-state index in [1.54, 1.807) is 25.3 Å². The van der Waals surface area contributed by atoms with Gasteiger partial charge in [0.1, 0.15) is 0 Å². The van der Waals surface area contributed by atoms with E-state index >= 15 is 0 Å². The summed E-state index contributed by atoms with van der Waals surface area (Å²) in [5.41, 5.74) is 4.85. The molecule has 3 aromatic rings. The molecule has 0 saturated heterocycles. The van der Waals surface area contributed by atoms with Crippen molar-refractivity contribution < 1.29 is 14.4 Å². The van der Waals surface area contributed by atoms with E-state index in [1.807, 2.05) is 18.0 Å². The highest BCUT2D eigenvalue weighted by Crippen LogP contribution is 2.51. The van der Waals surface area contributed by atoms with Crippen molar-refractivity contribution in [3.8, 4) is 11.5 Å². The van der Waals surface area contributed by atoms with Crippen molar-refractivity contribution in [2.45, 2.75) is 25.6 Å². The maximum absolute atomic E-state index is 11.1. The van der Waals surface area contributed by atoms with Crippen LogP contribution in [0, 0.1) is 17.0 Å². The molecule has 0 aliphatic carbocycles. The smallest absolute Gasteiger partial charge is 0.269 e. The number of nitrogens with zero attached hydrogens (tertiary/aromatic N) is 3. The molecule has 0 aromatic heterocycles. The summed E-state index contributed by atoms with van der Waals surface area (Å²) in [5, 5.41) is 18.5. The van der Waals surface area contributed by atoms with Crippen molar-refractivity contribution >= 4 is 23.0 Å². The van der Waals surface area contributed by atoms with E-state index in [4.69, 9.17) is 26.2 Å². The maximum Gasteiger partial charge on any atom is 0.269 e. The van der Waals surface area contributed by atoms with E-state index in [0.29, 0.717) is 22.9 Å². The molecular formula is C24H20ClN3O4. The number of rotatable bonds is 4. The molecule has 0 bridgehead atoms. The topological polar surface area (TPSA) is 77.2 Å². The van der Waals surface area contributed by atoms with E-state index < -0.39 is 11.2 Å². The maximum atomic E-state index is 11.1. The Kier molecular flexibility index (Phi) is 4.98. The van der Waals surface area contributed by atoms with Crippen LogP contribution in [0.1, 0.15) is 40.9 Å². The summed E-state index contributed by atoms with van der Waals surface area (Å²) >= 11 is 6.37. The molecule has 2 aliphatic heterocycles. The van der Waals surface area contributed by atoms with Gasteiger partial charge in [-0.25, -0.2) is 5.01 Å². The number of ether oxygens (including phenoxy) is 2. The van der Waals surface area contributed by atoms with Gasteiger partial charge in [-0.05, 0) is 30.7 Å². The molecule has 0 radical (unpaired) electrons. The van der Waals surface area contributed by atoms with Gasteiger partial charge in [0, 0.05) is 40.8 Å². The van der Waals surface area contributed by atoms with Crippen molar-refractivity contribution in [2.75, 3.05) is 7.11 Å². The number of hydrogen-bond donors (Lipinski definition) is 0. The van der Waals surface area contributed by atoms with Gasteiger partial charge in [-0.15, -0.1) is 0 Å². The van der Waals surface area contributed by atoms with Crippen LogP contribution in [0.25, 0.3) is 0 Å². The van der Waals surface area contributed by atoms with E-state index in [-0.39, 0.29) is 11.7 Å². The lowest BCUT2D eigenvalue weighted by molar-refractivity contribution is -0.384. The molecule has 8 heteroatoms. The van der Waals surface area contributed by atoms with Crippen LogP contribution in [0.5, 0.6) is 11.5 Å². The van der Waals surface area contributed by atoms with Gasteiger partial charge >= 0.3 is 0 Å². The fourth-order valence-corrected chi connectivity index (χ4v) is 4.39. The zero-order valence-corrected chi connectivity index (χ0v) is 18.2. The Bertz CT molecular complexity index is 1230. The Morgan fingerprint density at radius 1 is 1.16 bits per heavy atom. The summed E-state index contributed by atoms with van der Waals surface area (Å²) in [5.74, 6) is 1.16. The third-order valence-electron chi connectivity index (χ3n) is 5.81. The molecule has 0 unspecified atom stereocenters. The normalized spacial score (nSPS) is 19.0. The molecule has 3 aromatic carbocycles. The average molecular weight is 450 g/mol. The lowest BCUT2D eigenvalue weighted by atomic mass is 9.95. The lowest BCUT2D eigenvalue weighted by Gasteiger charge is -2.38. The quantitative estimate of drug-likeness (QED) is 0.371. The van der Waals surface area contributed by atoms with Crippen LogP contribution in [-0.2, 0) is 0 Å². The molecule has 0 N–H and O–H groups in total. The molecule has 0 saturated carbocycles. The second-order valence-electron chi connectivity index (χ2n) is 7.86. The molecule has 0 amide bonds. The number of hydrogen-bond acceptors (Lipinski definition) is 6. The van der Waals surface area contributed by atoms with Crippen molar-refractivity contribution in [2.24, 2.45) is 5.10 Å². The second kappa shape index (κ2) is 7.84. The van der Waals surface area contributed by atoms with Gasteiger partial charge in [-0.1, -0.05) is 41.4 Å². The molecule has 2 heterocycles. The van der Waals surface area contributed by atoms with Crippen molar-refractivity contribution in [1.29, 1.82) is 0 Å². The Balaban J connectivity index is 1.61. The number of fused-ring (bicyclic) bond motifs is 3. The number of aryl methyl sites for hydroxylation is 1. The molecule has 2 atom stereocenters. The number of halogens is 1. The van der Waals surface area contributed by atoms with Crippen LogP contribution < -0.4 is 9.47 Å². The molecule has 2 aliphatic rings. The summed E-state index contributed by atoms with van der Waals surface area (Å²) in [6.45, 7) is 2.05. The molecule has 162 valence electrons. The molecule has 5 rings (SSSR count). The van der Waals surface area contributed by atoms with Crippen LogP contribution in [0.15, 0.2) is 65.8 Å². The number of hydrazone groups is 1. The van der Waals surface area contributed by atoms with Gasteiger partial charge in [-0.3, -0.25) is 10.1 Å². The van der Waals surface area contributed by atoms with Gasteiger partial charge in [0.25, 0.3) is 5.69 Å². The molecule has 32 heavy (non-hydrogen) atoms. The summed E-state index contributed by atoms with van der Waals surface area (Å²) in [4.78, 5) is 10.7. The van der Waals surface area contributed by atoms with Gasteiger partial charge in [0.15, 0.2) is 11.5 Å². The molecular weight excluding hydrogens is 430 g/mol. The second-order valence-corrected chi connectivity index (χ2v) is 8.29. The largest absolute Gasteiger partial charge is 0.493 e.